The monoisotopic (exact) mass is 252 g/mol. The molecule has 1 saturated heterocycles. The summed E-state index contributed by atoms with van der Waals surface area (Å²) in [4.78, 5) is 27.6. The third kappa shape index (κ3) is 3.22. The number of nitrogens with zero attached hydrogens (tertiary/aromatic N) is 3. The molecule has 0 spiro atoms. The average Bonchev–Trinajstić information content (AvgIpc) is 2.75. The van der Waals surface area contributed by atoms with Gasteiger partial charge >= 0.3 is 12.0 Å². The number of rotatable bonds is 5. The molecule has 7 nitrogen and oxygen atoms in total. The Labute approximate surface area is 104 Å². The number of carboxylic acid groups (broad SMARTS) is 1. The summed E-state index contributed by atoms with van der Waals surface area (Å²) in [5.74, 6) is -0.706. The van der Waals surface area contributed by atoms with E-state index >= 15 is 0 Å². The topological polar surface area (TPSA) is 87.5 Å². The summed E-state index contributed by atoms with van der Waals surface area (Å²) in [6.45, 7) is 2.28. The first kappa shape index (κ1) is 12.4. The van der Waals surface area contributed by atoms with Crippen LogP contribution in [0.2, 0.25) is 0 Å². The molecule has 1 aliphatic heterocycles. The van der Waals surface area contributed by atoms with Crippen molar-refractivity contribution in [2.24, 2.45) is 5.92 Å². The lowest BCUT2D eigenvalue weighted by Gasteiger charge is -2.38. The van der Waals surface area contributed by atoms with Gasteiger partial charge in [0.2, 0.25) is 0 Å². The van der Waals surface area contributed by atoms with E-state index in [9.17, 15) is 9.59 Å². The minimum atomic E-state index is -0.805. The summed E-state index contributed by atoms with van der Waals surface area (Å²) in [6, 6.07) is -0.128. The maximum absolute atomic E-state index is 11.6. The van der Waals surface area contributed by atoms with E-state index < -0.39 is 5.97 Å². The number of hydrogen-bond donors (Lipinski definition) is 2. The summed E-state index contributed by atoms with van der Waals surface area (Å²) < 4.78 is 1.88. The predicted molar refractivity (Wildman–Crippen MR) is 62.9 cm³/mol. The Hall–Kier alpha value is -2.05. The first-order chi connectivity index (χ1) is 8.65. The van der Waals surface area contributed by atoms with Crippen LogP contribution in [0.4, 0.5) is 4.79 Å². The van der Waals surface area contributed by atoms with E-state index in [0.29, 0.717) is 26.2 Å². The van der Waals surface area contributed by atoms with E-state index in [-0.39, 0.29) is 18.4 Å². The van der Waals surface area contributed by atoms with Crippen molar-refractivity contribution in [3.05, 3.63) is 18.7 Å². The number of carbonyl (C=O) groups excluding carboxylic acids is 1. The van der Waals surface area contributed by atoms with Gasteiger partial charge in [-0.15, -0.1) is 0 Å². The van der Waals surface area contributed by atoms with Gasteiger partial charge in [0, 0.05) is 44.5 Å². The minimum Gasteiger partial charge on any atom is -0.481 e. The van der Waals surface area contributed by atoms with Crippen molar-refractivity contribution in [3.63, 3.8) is 0 Å². The predicted octanol–water partition coefficient (Wildman–Crippen LogP) is -0.000800. The Morgan fingerprint density at radius 3 is 2.83 bits per heavy atom. The van der Waals surface area contributed by atoms with E-state index in [1.54, 1.807) is 17.4 Å². The summed E-state index contributed by atoms with van der Waals surface area (Å²) in [6.07, 6.45) is 5.35. The molecule has 0 aromatic carbocycles. The standard InChI is InChI=1S/C11H16N4O3/c16-10(17)5-9-6-15(7-9)11(18)13-2-4-14-3-1-12-8-14/h1,3,8-9H,2,4-7H2,(H,13,18)(H,16,17). The van der Waals surface area contributed by atoms with Crippen LogP contribution >= 0.6 is 0 Å². The number of carbonyl (C=O) groups is 2. The molecule has 1 fully saturated rings. The molecular formula is C11H16N4O3. The number of imidazole rings is 1. The summed E-state index contributed by atoms with van der Waals surface area (Å²) in [5.41, 5.74) is 0. The van der Waals surface area contributed by atoms with E-state index in [1.807, 2.05) is 10.8 Å². The normalized spacial score (nSPS) is 15.2. The van der Waals surface area contributed by atoms with Gasteiger partial charge in [0.15, 0.2) is 0 Å². The van der Waals surface area contributed by atoms with Crippen molar-refractivity contribution < 1.29 is 14.7 Å². The highest BCUT2D eigenvalue weighted by atomic mass is 16.4. The van der Waals surface area contributed by atoms with Crippen LogP contribution in [0.5, 0.6) is 0 Å². The Morgan fingerprint density at radius 1 is 1.44 bits per heavy atom. The highest BCUT2D eigenvalue weighted by molar-refractivity contribution is 5.75. The third-order valence-corrected chi connectivity index (χ3v) is 2.91. The molecule has 0 saturated carbocycles. The van der Waals surface area contributed by atoms with Gasteiger partial charge in [0.05, 0.1) is 12.7 Å². The lowest BCUT2D eigenvalue weighted by molar-refractivity contribution is -0.139. The zero-order valence-corrected chi connectivity index (χ0v) is 9.95. The molecule has 0 atom stereocenters. The SMILES string of the molecule is O=C(O)CC1CN(C(=O)NCCn2ccnc2)C1. The molecular weight excluding hydrogens is 236 g/mol. The largest absolute Gasteiger partial charge is 0.481 e. The van der Waals surface area contributed by atoms with Gasteiger partial charge in [-0.3, -0.25) is 4.79 Å². The fourth-order valence-electron chi connectivity index (χ4n) is 1.93. The number of likely N-dealkylation sites (tertiary alicyclic amines) is 1. The summed E-state index contributed by atoms with van der Waals surface area (Å²) in [5, 5.41) is 11.4. The van der Waals surface area contributed by atoms with E-state index in [0.717, 1.165) is 0 Å². The molecule has 0 radical (unpaired) electrons. The average molecular weight is 252 g/mol. The Morgan fingerprint density at radius 2 is 2.22 bits per heavy atom. The van der Waals surface area contributed by atoms with Crippen molar-refractivity contribution in [1.29, 1.82) is 0 Å². The number of hydrogen-bond acceptors (Lipinski definition) is 3. The molecule has 2 amide bonds. The smallest absolute Gasteiger partial charge is 0.317 e. The van der Waals surface area contributed by atoms with Crippen LogP contribution in [0.25, 0.3) is 0 Å². The molecule has 2 heterocycles. The number of aliphatic carboxylic acids is 1. The fraction of sp³-hybridized carbons (Fsp3) is 0.545. The van der Waals surface area contributed by atoms with Crippen LogP contribution in [-0.2, 0) is 11.3 Å². The minimum absolute atomic E-state index is 0.0990. The molecule has 0 aliphatic carbocycles. The van der Waals surface area contributed by atoms with Gasteiger partial charge in [-0.2, -0.15) is 0 Å². The van der Waals surface area contributed by atoms with Gasteiger partial charge in [0.1, 0.15) is 0 Å². The zero-order valence-electron chi connectivity index (χ0n) is 9.95. The lowest BCUT2D eigenvalue weighted by atomic mass is 9.97. The van der Waals surface area contributed by atoms with Crippen molar-refractivity contribution in [3.8, 4) is 0 Å². The molecule has 1 aliphatic rings. The van der Waals surface area contributed by atoms with Crippen molar-refractivity contribution in [2.45, 2.75) is 13.0 Å². The highest BCUT2D eigenvalue weighted by Gasteiger charge is 2.31. The number of urea groups is 1. The van der Waals surface area contributed by atoms with Crippen LogP contribution in [0.1, 0.15) is 6.42 Å². The molecule has 2 rings (SSSR count). The van der Waals surface area contributed by atoms with Crippen molar-refractivity contribution >= 4 is 12.0 Å². The van der Waals surface area contributed by atoms with Gasteiger partial charge in [0.25, 0.3) is 0 Å². The molecule has 98 valence electrons. The second kappa shape index (κ2) is 5.52. The van der Waals surface area contributed by atoms with E-state index in [4.69, 9.17) is 5.11 Å². The van der Waals surface area contributed by atoms with E-state index in [2.05, 4.69) is 10.3 Å². The fourth-order valence-corrected chi connectivity index (χ4v) is 1.93. The van der Waals surface area contributed by atoms with E-state index in [1.165, 1.54) is 0 Å². The Balaban J connectivity index is 1.60. The third-order valence-electron chi connectivity index (χ3n) is 2.91. The Kier molecular flexibility index (Phi) is 3.81. The van der Waals surface area contributed by atoms with Crippen molar-refractivity contribution in [1.82, 2.24) is 19.8 Å². The van der Waals surface area contributed by atoms with Crippen LogP contribution < -0.4 is 5.32 Å². The molecule has 18 heavy (non-hydrogen) atoms. The number of nitrogens with one attached hydrogen (secondary N) is 1. The molecule has 7 heteroatoms. The highest BCUT2D eigenvalue weighted by Crippen LogP contribution is 2.18. The second-order valence-electron chi connectivity index (χ2n) is 4.40. The van der Waals surface area contributed by atoms with Crippen LogP contribution in [0.15, 0.2) is 18.7 Å². The lowest BCUT2D eigenvalue weighted by Crippen LogP contribution is -2.54. The maximum Gasteiger partial charge on any atom is 0.317 e. The molecule has 0 unspecified atom stereocenters. The molecule has 1 aromatic heterocycles. The molecule has 2 N–H and O–H groups in total. The quantitative estimate of drug-likeness (QED) is 0.772. The first-order valence-electron chi connectivity index (χ1n) is 5.85. The van der Waals surface area contributed by atoms with Gasteiger partial charge in [-0.25, -0.2) is 9.78 Å². The summed E-state index contributed by atoms with van der Waals surface area (Å²) >= 11 is 0. The van der Waals surface area contributed by atoms with Gasteiger partial charge < -0.3 is 19.9 Å². The first-order valence-corrected chi connectivity index (χ1v) is 5.85. The second-order valence-corrected chi connectivity index (χ2v) is 4.40. The van der Waals surface area contributed by atoms with Crippen LogP contribution in [0, 0.1) is 5.92 Å². The van der Waals surface area contributed by atoms with Crippen LogP contribution in [-0.4, -0.2) is 51.2 Å². The maximum atomic E-state index is 11.6. The number of aromatic nitrogens is 2. The van der Waals surface area contributed by atoms with Gasteiger partial charge in [-0.1, -0.05) is 0 Å². The number of amides is 2. The Bertz CT molecular complexity index is 412. The molecule has 1 aromatic rings. The van der Waals surface area contributed by atoms with Crippen molar-refractivity contribution in [2.75, 3.05) is 19.6 Å². The molecule has 0 bridgehead atoms. The zero-order chi connectivity index (χ0) is 13.0. The van der Waals surface area contributed by atoms with Gasteiger partial charge in [-0.05, 0) is 0 Å². The van der Waals surface area contributed by atoms with Crippen LogP contribution in [0.3, 0.4) is 0 Å². The number of carboxylic acids is 1. The summed E-state index contributed by atoms with van der Waals surface area (Å²) in [7, 11) is 0.